The molecule has 1 saturated carbocycles. The minimum absolute atomic E-state index is 0.00605. The quantitative estimate of drug-likeness (QED) is 0.754. The molecule has 0 bridgehead atoms. The van der Waals surface area contributed by atoms with Gasteiger partial charge in [-0.15, -0.1) is 0 Å². The maximum Gasteiger partial charge on any atom is 0.272 e. The van der Waals surface area contributed by atoms with Gasteiger partial charge in [0.05, 0.1) is 0 Å². The van der Waals surface area contributed by atoms with Crippen molar-refractivity contribution in [2.24, 2.45) is 0 Å². The molecule has 0 N–H and O–H groups in total. The fourth-order valence-corrected chi connectivity index (χ4v) is 1.49. The Kier molecular flexibility index (Phi) is 3.00. The lowest BCUT2D eigenvalue weighted by Crippen LogP contribution is -2.25. The van der Waals surface area contributed by atoms with Gasteiger partial charge in [-0.1, -0.05) is 11.6 Å². The van der Waals surface area contributed by atoms with E-state index >= 15 is 0 Å². The summed E-state index contributed by atoms with van der Waals surface area (Å²) in [6, 6.07) is 0. The summed E-state index contributed by atoms with van der Waals surface area (Å²) in [5.74, 6) is -0.0882. The van der Waals surface area contributed by atoms with E-state index in [0.29, 0.717) is 0 Å². The highest BCUT2D eigenvalue weighted by molar-refractivity contribution is 6.30. The van der Waals surface area contributed by atoms with Crippen molar-refractivity contribution in [3.8, 4) is 5.88 Å². The summed E-state index contributed by atoms with van der Waals surface area (Å²) in [5, 5.41) is -0.241. The van der Waals surface area contributed by atoms with Gasteiger partial charge in [-0.2, -0.15) is 0 Å². The van der Waals surface area contributed by atoms with Gasteiger partial charge >= 0.3 is 0 Å². The zero-order chi connectivity index (χ0) is 10.8. The number of aromatic nitrogens is 2. The molecule has 0 spiro atoms. The Morgan fingerprint density at radius 3 is 2.67 bits per heavy atom. The first-order valence-corrected chi connectivity index (χ1v) is 5.01. The first-order valence-electron chi connectivity index (χ1n) is 4.63. The van der Waals surface area contributed by atoms with Gasteiger partial charge in [0.2, 0.25) is 5.88 Å². The summed E-state index contributed by atoms with van der Waals surface area (Å²) < 4.78 is 30.5. The minimum Gasteiger partial charge on any atom is -0.474 e. The topological polar surface area (TPSA) is 35.0 Å². The Hall–Kier alpha value is -0.970. The predicted octanol–water partition coefficient (Wildman–Crippen LogP) is 3.00. The molecule has 3 nitrogen and oxygen atoms in total. The van der Waals surface area contributed by atoms with Crippen molar-refractivity contribution >= 4 is 11.6 Å². The Balaban J connectivity index is 2.23. The summed E-state index contributed by atoms with van der Waals surface area (Å²) in [5.41, 5.74) is -0.411. The molecule has 1 aromatic heterocycles. The van der Waals surface area contributed by atoms with Crippen LogP contribution in [0.25, 0.3) is 0 Å². The molecular weight excluding hydrogens is 226 g/mol. The highest BCUT2D eigenvalue weighted by Gasteiger charge is 2.25. The van der Waals surface area contributed by atoms with Crippen LogP contribution in [0.3, 0.4) is 0 Å². The van der Waals surface area contributed by atoms with Crippen LogP contribution in [-0.2, 0) is 0 Å². The zero-order valence-electron chi connectivity index (χ0n) is 7.79. The molecule has 0 saturated heterocycles. The molecule has 6 heteroatoms. The Labute approximate surface area is 90.4 Å². The van der Waals surface area contributed by atoms with Crippen LogP contribution in [0, 0.1) is 0 Å². The normalized spacial score (nSPS) is 16.5. The molecule has 0 radical (unpaired) electrons. The summed E-state index contributed by atoms with van der Waals surface area (Å²) in [4.78, 5) is 7.19. The minimum atomic E-state index is -2.71. The second kappa shape index (κ2) is 4.26. The maximum absolute atomic E-state index is 12.6. The van der Waals surface area contributed by atoms with Gasteiger partial charge in [-0.05, 0) is 19.3 Å². The first-order chi connectivity index (χ1) is 7.18. The van der Waals surface area contributed by atoms with Crippen molar-refractivity contribution in [1.29, 1.82) is 0 Å². The van der Waals surface area contributed by atoms with Crippen LogP contribution in [0.2, 0.25) is 5.15 Å². The van der Waals surface area contributed by atoms with Gasteiger partial charge in [0.1, 0.15) is 23.1 Å². The molecule has 1 heterocycles. The molecule has 0 aliphatic heterocycles. The van der Waals surface area contributed by atoms with Crippen molar-refractivity contribution in [2.45, 2.75) is 31.8 Å². The average Bonchev–Trinajstić information content (AvgIpc) is 2.10. The number of rotatable bonds is 3. The van der Waals surface area contributed by atoms with Gasteiger partial charge in [0.15, 0.2) is 0 Å². The van der Waals surface area contributed by atoms with Crippen LogP contribution in [0.4, 0.5) is 8.78 Å². The molecule has 1 fully saturated rings. The lowest BCUT2D eigenvalue weighted by molar-refractivity contribution is 0.0982. The van der Waals surface area contributed by atoms with Crippen molar-refractivity contribution in [3.05, 3.63) is 17.0 Å². The smallest absolute Gasteiger partial charge is 0.272 e. The molecule has 82 valence electrons. The summed E-state index contributed by atoms with van der Waals surface area (Å²) in [6.07, 6.45) is 1.23. The van der Waals surface area contributed by atoms with Crippen LogP contribution in [0.1, 0.15) is 31.3 Å². The van der Waals surface area contributed by atoms with E-state index in [4.69, 9.17) is 16.3 Å². The van der Waals surface area contributed by atoms with Crippen LogP contribution < -0.4 is 4.74 Å². The van der Waals surface area contributed by atoms with Gasteiger partial charge in [-0.3, -0.25) is 0 Å². The second-order valence-corrected chi connectivity index (χ2v) is 3.71. The number of hydrogen-bond acceptors (Lipinski definition) is 3. The molecule has 0 amide bonds. The molecule has 15 heavy (non-hydrogen) atoms. The van der Waals surface area contributed by atoms with E-state index in [1.807, 2.05) is 0 Å². The molecule has 0 atom stereocenters. The third-order valence-corrected chi connectivity index (χ3v) is 2.65. The van der Waals surface area contributed by atoms with E-state index in [-0.39, 0.29) is 17.1 Å². The number of hydrogen-bond donors (Lipinski definition) is 0. The van der Waals surface area contributed by atoms with Crippen molar-refractivity contribution in [1.82, 2.24) is 9.97 Å². The summed E-state index contributed by atoms with van der Waals surface area (Å²) in [7, 11) is 0. The van der Waals surface area contributed by atoms with Gasteiger partial charge in [0, 0.05) is 0 Å². The monoisotopic (exact) mass is 234 g/mol. The van der Waals surface area contributed by atoms with E-state index in [2.05, 4.69) is 9.97 Å². The van der Waals surface area contributed by atoms with Gasteiger partial charge in [-0.25, -0.2) is 18.7 Å². The van der Waals surface area contributed by atoms with E-state index in [1.165, 1.54) is 0 Å². The SMILES string of the molecule is FC(F)c1c(Cl)ncnc1OC1CCC1. The molecule has 1 aliphatic rings. The van der Waals surface area contributed by atoms with Crippen LogP contribution >= 0.6 is 11.6 Å². The zero-order valence-corrected chi connectivity index (χ0v) is 8.55. The summed E-state index contributed by atoms with van der Waals surface area (Å²) >= 11 is 5.56. The van der Waals surface area contributed by atoms with Crippen molar-refractivity contribution in [3.63, 3.8) is 0 Å². The van der Waals surface area contributed by atoms with E-state index < -0.39 is 12.0 Å². The largest absolute Gasteiger partial charge is 0.474 e. The number of nitrogens with zero attached hydrogens (tertiary/aromatic N) is 2. The Bertz CT molecular complexity index is 358. The van der Waals surface area contributed by atoms with E-state index in [0.717, 1.165) is 25.6 Å². The maximum atomic E-state index is 12.6. The average molecular weight is 235 g/mol. The van der Waals surface area contributed by atoms with E-state index in [9.17, 15) is 8.78 Å². The van der Waals surface area contributed by atoms with Gasteiger partial charge in [0.25, 0.3) is 6.43 Å². The second-order valence-electron chi connectivity index (χ2n) is 3.35. The fraction of sp³-hybridized carbons (Fsp3) is 0.556. The molecule has 0 aromatic carbocycles. The van der Waals surface area contributed by atoms with Crippen LogP contribution in [0.15, 0.2) is 6.33 Å². The third-order valence-electron chi connectivity index (χ3n) is 2.35. The Morgan fingerprint density at radius 2 is 2.13 bits per heavy atom. The number of ether oxygens (including phenoxy) is 1. The standard InChI is InChI=1S/C9H9ClF2N2O/c10-7-6(8(11)12)9(14-4-13-7)15-5-2-1-3-5/h4-5,8H,1-3H2. The number of alkyl halides is 2. The molecular formula is C9H9ClF2N2O. The summed E-state index contributed by atoms with van der Waals surface area (Å²) in [6.45, 7) is 0. The highest BCUT2D eigenvalue weighted by Crippen LogP contribution is 2.34. The Morgan fingerprint density at radius 1 is 1.40 bits per heavy atom. The van der Waals surface area contributed by atoms with E-state index in [1.54, 1.807) is 0 Å². The third kappa shape index (κ3) is 2.17. The van der Waals surface area contributed by atoms with Gasteiger partial charge < -0.3 is 4.74 Å². The molecule has 1 aromatic rings. The molecule has 0 unspecified atom stereocenters. The highest BCUT2D eigenvalue weighted by atomic mass is 35.5. The van der Waals surface area contributed by atoms with Crippen molar-refractivity contribution in [2.75, 3.05) is 0 Å². The van der Waals surface area contributed by atoms with Crippen LogP contribution in [0.5, 0.6) is 5.88 Å². The first kappa shape index (κ1) is 10.5. The fourth-order valence-electron chi connectivity index (χ4n) is 1.28. The lowest BCUT2D eigenvalue weighted by Gasteiger charge is -2.26. The van der Waals surface area contributed by atoms with Crippen molar-refractivity contribution < 1.29 is 13.5 Å². The number of halogens is 3. The predicted molar refractivity (Wildman–Crippen MR) is 50.3 cm³/mol. The van der Waals surface area contributed by atoms with Crippen LogP contribution in [-0.4, -0.2) is 16.1 Å². The molecule has 2 rings (SSSR count). The lowest BCUT2D eigenvalue weighted by atomic mass is 9.96. The molecule has 1 aliphatic carbocycles.